The molecule has 1 aliphatic carbocycles. The fourth-order valence-electron chi connectivity index (χ4n) is 4.51. The molecule has 1 unspecified atom stereocenters. The SMILES string of the molecule is CC(CCc1cccc(F)c1)Nc1cnoc1-c1ccc(-c2ccc(C3(C(=O)O)CC3)cc2)cc1. The first-order valence-corrected chi connectivity index (χ1v) is 11.8. The van der Waals surface area contributed by atoms with E-state index >= 15 is 0 Å². The molecule has 1 saturated carbocycles. The Bertz CT molecular complexity index is 1320. The van der Waals surface area contributed by atoms with E-state index in [2.05, 4.69) is 17.4 Å². The summed E-state index contributed by atoms with van der Waals surface area (Å²) in [6, 6.07) is 22.7. The highest BCUT2D eigenvalue weighted by molar-refractivity contribution is 5.85. The Morgan fingerprint density at radius 3 is 2.34 bits per heavy atom. The number of benzene rings is 3. The average Bonchev–Trinajstić information content (AvgIpc) is 3.57. The van der Waals surface area contributed by atoms with Gasteiger partial charge in [-0.1, -0.05) is 65.8 Å². The van der Waals surface area contributed by atoms with E-state index in [4.69, 9.17) is 4.52 Å². The number of nitrogens with zero attached hydrogens (tertiary/aromatic N) is 1. The molecule has 1 heterocycles. The van der Waals surface area contributed by atoms with Crippen molar-refractivity contribution < 1.29 is 18.8 Å². The summed E-state index contributed by atoms with van der Waals surface area (Å²) in [6.07, 6.45) is 4.69. The van der Waals surface area contributed by atoms with Crippen LogP contribution in [0.5, 0.6) is 0 Å². The van der Waals surface area contributed by atoms with E-state index in [9.17, 15) is 14.3 Å². The minimum Gasteiger partial charge on any atom is -0.481 e. The zero-order valence-electron chi connectivity index (χ0n) is 19.5. The summed E-state index contributed by atoms with van der Waals surface area (Å²) in [5, 5.41) is 16.9. The highest BCUT2D eigenvalue weighted by atomic mass is 19.1. The zero-order valence-corrected chi connectivity index (χ0v) is 19.5. The van der Waals surface area contributed by atoms with Crippen LogP contribution >= 0.6 is 0 Å². The quantitative estimate of drug-likeness (QED) is 0.285. The van der Waals surface area contributed by atoms with Crippen molar-refractivity contribution in [3.8, 4) is 22.5 Å². The van der Waals surface area contributed by atoms with Crippen molar-refractivity contribution in [2.45, 2.75) is 44.1 Å². The number of nitrogens with one attached hydrogen (secondary N) is 1. The molecule has 6 heteroatoms. The van der Waals surface area contributed by atoms with Crippen LogP contribution in [0.3, 0.4) is 0 Å². The van der Waals surface area contributed by atoms with Gasteiger partial charge in [-0.15, -0.1) is 0 Å². The van der Waals surface area contributed by atoms with Crippen molar-refractivity contribution in [1.29, 1.82) is 0 Å². The van der Waals surface area contributed by atoms with E-state index in [0.717, 1.165) is 46.3 Å². The summed E-state index contributed by atoms with van der Waals surface area (Å²) >= 11 is 0. The van der Waals surface area contributed by atoms with Crippen molar-refractivity contribution in [2.75, 3.05) is 5.32 Å². The first-order chi connectivity index (χ1) is 16.9. The number of halogens is 1. The minimum absolute atomic E-state index is 0.148. The van der Waals surface area contributed by atoms with Crippen LogP contribution in [-0.4, -0.2) is 22.3 Å². The molecule has 3 aromatic carbocycles. The van der Waals surface area contributed by atoms with Crippen molar-refractivity contribution in [2.24, 2.45) is 0 Å². The summed E-state index contributed by atoms with van der Waals surface area (Å²) in [4.78, 5) is 11.6. The number of carboxylic acids is 1. The molecular weight excluding hydrogens is 443 g/mol. The highest BCUT2D eigenvalue weighted by Gasteiger charge is 2.51. The maximum atomic E-state index is 13.4. The Kier molecular flexibility index (Phi) is 6.12. The highest BCUT2D eigenvalue weighted by Crippen LogP contribution is 2.48. The molecule has 1 aromatic heterocycles. The smallest absolute Gasteiger partial charge is 0.314 e. The van der Waals surface area contributed by atoms with Gasteiger partial charge in [-0.2, -0.15) is 0 Å². The van der Waals surface area contributed by atoms with E-state index in [1.165, 1.54) is 6.07 Å². The number of anilines is 1. The normalized spacial score (nSPS) is 14.9. The third kappa shape index (κ3) is 4.83. The second kappa shape index (κ2) is 9.37. The van der Waals surface area contributed by atoms with Crippen LogP contribution in [0.2, 0.25) is 0 Å². The summed E-state index contributed by atoms with van der Waals surface area (Å²) in [5.41, 5.74) is 4.95. The van der Waals surface area contributed by atoms with Gasteiger partial charge >= 0.3 is 5.97 Å². The molecule has 4 aromatic rings. The van der Waals surface area contributed by atoms with Gasteiger partial charge in [0.15, 0.2) is 5.76 Å². The molecule has 2 N–H and O–H groups in total. The number of rotatable bonds is 9. The molecule has 0 spiro atoms. The van der Waals surface area contributed by atoms with Gasteiger partial charge < -0.3 is 14.9 Å². The van der Waals surface area contributed by atoms with Crippen molar-refractivity contribution in [3.05, 3.63) is 95.9 Å². The maximum absolute atomic E-state index is 13.4. The maximum Gasteiger partial charge on any atom is 0.314 e. The zero-order chi connectivity index (χ0) is 24.4. The van der Waals surface area contributed by atoms with Crippen molar-refractivity contribution >= 4 is 11.7 Å². The largest absolute Gasteiger partial charge is 0.481 e. The summed E-state index contributed by atoms with van der Waals surface area (Å²) in [6.45, 7) is 2.08. The Labute approximate surface area is 203 Å². The summed E-state index contributed by atoms with van der Waals surface area (Å²) in [5.74, 6) is -0.285. The van der Waals surface area contributed by atoms with Gasteiger partial charge in [0.05, 0.1) is 11.6 Å². The van der Waals surface area contributed by atoms with Gasteiger partial charge in [-0.25, -0.2) is 4.39 Å². The fraction of sp³-hybridized carbons (Fsp3) is 0.241. The molecule has 5 nitrogen and oxygen atoms in total. The molecule has 0 aliphatic heterocycles. The lowest BCUT2D eigenvalue weighted by atomic mass is 9.93. The second-order valence-corrected chi connectivity index (χ2v) is 9.32. The van der Waals surface area contributed by atoms with Crippen LogP contribution in [0.1, 0.15) is 37.3 Å². The summed E-state index contributed by atoms with van der Waals surface area (Å²) < 4.78 is 19.0. The Balaban J connectivity index is 1.25. The van der Waals surface area contributed by atoms with Gasteiger partial charge in [-0.3, -0.25) is 4.79 Å². The standard InChI is InChI=1S/C29H27FN2O3/c1-19(5-6-20-3-2-4-25(30)17-20)32-26-18-31-35-27(26)23-9-7-21(8-10-23)22-11-13-24(14-12-22)29(15-16-29)28(33)34/h2-4,7-14,17-19,32H,5-6,15-16H2,1H3,(H,33,34). The summed E-state index contributed by atoms with van der Waals surface area (Å²) in [7, 11) is 0. The lowest BCUT2D eigenvalue weighted by molar-refractivity contribution is -0.140. The fourth-order valence-corrected chi connectivity index (χ4v) is 4.51. The monoisotopic (exact) mass is 470 g/mol. The number of carboxylic acid groups (broad SMARTS) is 1. The van der Waals surface area contributed by atoms with E-state index in [0.29, 0.717) is 18.6 Å². The van der Waals surface area contributed by atoms with Crippen LogP contribution in [0.15, 0.2) is 83.5 Å². The van der Waals surface area contributed by atoms with Crippen LogP contribution in [0.25, 0.3) is 22.5 Å². The molecule has 0 radical (unpaired) electrons. The molecule has 0 saturated heterocycles. The van der Waals surface area contributed by atoms with Crippen LogP contribution in [-0.2, 0) is 16.6 Å². The molecule has 5 rings (SSSR count). The molecular formula is C29H27FN2O3. The second-order valence-electron chi connectivity index (χ2n) is 9.32. The Morgan fingerprint density at radius 2 is 1.71 bits per heavy atom. The van der Waals surface area contributed by atoms with Gasteiger partial charge in [-0.05, 0) is 67.0 Å². The third-order valence-corrected chi connectivity index (χ3v) is 6.80. The number of carbonyl (C=O) groups is 1. The van der Waals surface area contributed by atoms with Gasteiger partial charge in [0.1, 0.15) is 11.5 Å². The Hall–Kier alpha value is -3.93. The van der Waals surface area contributed by atoms with E-state index in [1.54, 1.807) is 18.3 Å². The topological polar surface area (TPSA) is 75.4 Å². The molecule has 1 aliphatic rings. The van der Waals surface area contributed by atoms with Gasteiger partial charge in [0.2, 0.25) is 0 Å². The molecule has 1 fully saturated rings. The number of aromatic nitrogens is 1. The number of aliphatic carboxylic acids is 1. The first kappa shape index (κ1) is 22.8. The number of hydrogen-bond donors (Lipinski definition) is 2. The lowest BCUT2D eigenvalue weighted by Gasteiger charge is -2.15. The predicted octanol–water partition coefficient (Wildman–Crippen LogP) is 6.70. The average molecular weight is 471 g/mol. The van der Waals surface area contributed by atoms with Gasteiger partial charge in [0, 0.05) is 11.6 Å². The molecule has 0 amide bonds. The van der Waals surface area contributed by atoms with Crippen molar-refractivity contribution in [3.63, 3.8) is 0 Å². The van der Waals surface area contributed by atoms with Crippen LogP contribution < -0.4 is 5.32 Å². The molecule has 35 heavy (non-hydrogen) atoms. The predicted molar refractivity (Wildman–Crippen MR) is 134 cm³/mol. The van der Waals surface area contributed by atoms with E-state index < -0.39 is 11.4 Å². The Morgan fingerprint density at radius 1 is 1.06 bits per heavy atom. The van der Waals surface area contributed by atoms with Crippen molar-refractivity contribution in [1.82, 2.24) is 5.16 Å². The van der Waals surface area contributed by atoms with Crippen LogP contribution in [0.4, 0.5) is 10.1 Å². The van der Waals surface area contributed by atoms with Gasteiger partial charge in [0.25, 0.3) is 0 Å². The van der Waals surface area contributed by atoms with E-state index in [-0.39, 0.29) is 11.9 Å². The third-order valence-electron chi connectivity index (χ3n) is 6.80. The lowest BCUT2D eigenvalue weighted by Crippen LogP contribution is -2.19. The minimum atomic E-state index is -0.741. The van der Waals surface area contributed by atoms with Crippen LogP contribution in [0, 0.1) is 5.82 Å². The molecule has 1 atom stereocenters. The number of aryl methyl sites for hydroxylation is 1. The van der Waals surface area contributed by atoms with E-state index in [1.807, 2.05) is 54.6 Å². The molecule has 0 bridgehead atoms. The number of hydrogen-bond acceptors (Lipinski definition) is 4. The first-order valence-electron chi connectivity index (χ1n) is 11.8. The molecule has 178 valence electrons.